The van der Waals surface area contributed by atoms with Gasteiger partial charge in [-0.15, -0.1) is 0 Å². The standard InChI is InChI=1S/C7H10F6/c1-3-4(2)6(10,5(8)9)7(11,12)13/h4-5H,3H2,1-2H3. The Bertz CT molecular complexity index is 163. The molecular weight excluding hydrogens is 198 g/mol. The number of hydrogen-bond acceptors (Lipinski definition) is 0. The maximum absolute atomic E-state index is 12.9. The lowest BCUT2D eigenvalue weighted by Gasteiger charge is -2.31. The Morgan fingerprint density at radius 2 is 1.46 bits per heavy atom. The molecule has 0 heterocycles. The summed E-state index contributed by atoms with van der Waals surface area (Å²) in [6.45, 7) is 2.05. The molecular formula is C7H10F6. The van der Waals surface area contributed by atoms with E-state index in [9.17, 15) is 26.3 Å². The zero-order valence-electron chi connectivity index (χ0n) is 7.13. The van der Waals surface area contributed by atoms with Crippen LogP contribution in [0.5, 0.6) is 0 Å². The first-order chi connectivity index (χ1) is 5.67. The fourth-order valence-electron chi connectivity index (χ4n) is 0.915. The maximum atomic E-state index is 12.9. The van der Waals surface area contributed by atoms with Crippen molar-refractivity contribution >= 4 is 0 Å². The van der Waals surface area contributed by atoms with E-state index in [0.717, 1.165) is 6.92 Å². The molecule has 0 spiro atoms. The second kappa shape index (κ2) is 3.75. The molecule has 80 valence electrons. The summed E-state index contributed by atoms with van der Waals surface area (Å²) < 4.78 is 72.6. The molecule has 0 aromatic heterocycles. The first-order valence-electron chi connectivity index (χ1n) is 3.71. The van der Waals surface area contributed by atoms with Crippen molar-refractivity contribution < 1.29 is 26.3 Å². The van der Waals surface area contributed by atoms with Gasteiger partial charge >= 0.3 is 6.18 Å². The van der Waals surface area contributed by atoms with Crippen LogP contribution in [0.25, 0.3) is 0 Å². The van der Waals surface area contributed by atoms with Gasteiger partial charge in [-0.25, -0.2) is 13.2 Å². The van der Waals surface area contributed by atoms with Crippen LogP contribution in [0.1, 0.15) is 20.3 Å². The van der Waals surface area contributed by atoms with E-state index in [4.69, 9.17) is 0 Å². The highest BCUT2D eigenvalue weighted by Crippen LogP contribution is 2.45. The summed E-state index contributed by atoms with van der Waals surface area (Å²) in [7, 11) is 0. The molecule has 0 bridgehead atoms. The lowest BCUT2D eigenvalue weighted by molar-refractivity contribution is -0.285. The Morgan fingerprint density at radius 3 is 1.54 bits per heavy atom. The van der Waals surface area contributed by atoms with Gasteiger partial charge in [-0.05, 0) is 6.42 Å². The summed E-state index contributed by atoms with van der Waals surface area (Å²) in [6, 6.07) is 0. The van der Waals surface area contributed by atoms with E-state index in [-0.39, 0.29) is 6.42 Å². The van der Waals surface area contributed by atoms with Gasteiger partial charge in [0.25, 0.3) is 12.1 Å². The molecule has 2 atom stereocenters. The third-order valence-electron chi connectivity index (χ3n) is 2.08. The van der Waals surface area contributed by atoms with E-state index >= 15 is 0 Å². The Kier molecular flexibility index (Phi) is 3.63. The quantitative estimate of drug-likeness (QED) is 0.622. The Hall–Kier alpha value is -0.420. The molecule has 6 heteroatoms. The Balaban J connectivity index is 4.96. The van der Waals surface area contributed by atoms with Crippen molar-refractivity contribution in [3.8, 4) is 0 Å². The van der Waals surface area contributed by atoms with Crippen LogP contribution in [0.3, 0.4) is 0 Å². The minimum absolute atomic E-state index is 0.291. The Labute approximate surface area is 71.9 Å². The molecule has 0 aliphatic heterocycles. The monoisotopic (exact) mass is 208 g/mol. The molecule has 0 aromatic rings. The Morgan fingerprint density at radius 1 is 1.08 bits per heavy atom. The van der Waals surface area contributed by atoms with Crippen molar-refractivity contribution in [2.24, 2.45) is 5.92 Å². The average molecular weight is 208 g/mol. The van der Waals surface area contributed by atoms with Crippen LogP contribution in [0.2, 0.25) is 0 Å². The second-order valence-corrected chi connectivity index (χ2v) is 2.88. The molecule has 0 aliphatic carbocycles. The fraction of sp³-hybridized carbons (Fsp3) is 1.00. The predicted molar refractivity (Wildman–Crippen MR) is 35.4 cm³/mol. The van der Waals surface area contributed by atoms with Crippen LogP contribution in [0, 0.1) is 5.92 Å². The average Bonchev–Trinajstić information content (AvgIpc) is 1.98. The molecule has 0 fully saturated rings. The molecule has 0 N–H and O–H groups in total. The molecule has 0 saturated heterocycles. The molecule has 0 aromatic carbocycles. The summed E-state index contributed by atoms with van der Waals surface area (Å²) in [5.74, 6) is -1.74. The zero-order chi connectivity index (χ0) is 10.9. The van der Waals surface area contributed by atoms with Crippen LogP contribution in [0.15, 0.2) is 0 Å². The van der Waals surface area contributed by atoms with Gasteiger partial charge in [-0.2, -0.15) is 13.2 Å². The van der Waals surface area contributed by atoms with Crippen molar-refractivity contribution in [3.05, 3.63) is 0 Å². The molecule has 0 rings (SSSR count). The van der Waals surface area contributed by atoms with Crippen molar-refractivity contribution in [2.45, 2.75) is 38.5 Å². The van der Waals surface area contributed by atoms with Gasteiger partial charge in [0.2, 0.25) is 0 Å². The van der Waals surface area contributed by atoms with E-state index in [1.54, 1.807) is 0 Å². The number of alkyl halides is 6. The second-order valence-electron chi connectivity index (χ2n) is 2.88. The first kappa shape index (κ1) is 12.6. The molecule has 2 unspecified atom stereocenters. The summed E-state index contributed by atoms with van der Waals surface area (Å²) >= 11 is 0. The SMILES string of the molecule is CCC(C)C(F)(C(F)F)C(F)(F)F. The summed E-state index contributed by atoms with van der Waals surface area (Å²) in [4.78, 5) is 0. The predicted octanol–water partition coefficient (Wildman–Crippen LogP) is 3.57. The minimum atomic E-state index is -5.52. The molecule has 0 radical (unpaired) electrons. The van der Waals surface area contributed by atoms with Gasteiger partial charge in [-0.3, -0.25) is 0 Å². The number of hydrogen-bond donors (Lipinski definition) is 0. The molecule has 0 amide bonds. The third kappa shape index (κ3) is 2.08. The lowest BCUT2D eigenvalue weighted by atomic mass is 9.88. The van der Waals surface area contributed by atoms with E-state index in [1.165, 1.54) is 6.92 Å². The third-order valence-corrected chi connectivity index (χ3v) is 2.08. The van der Waals surface area contributed by atoms with Crippen molar-refractivity contribution in [1.29, 1.82) is 0 Å². The van der Waals surface area contributed by atoms with E-state index < -0.39 is 24.2 Å². The number of rotatable bonds is 3. The van der Waals surface area contributed by atoms with Gasteiger partial charge in [-0.1, -0.05) is 13.8 Å². The molecule has 0 aliphatic rings. The minimum Gasteiger partial charge on any atom is -0.227 e. The highest BCUT2D eigenvalue weighted by Gasteiger charge is 2.65. The van der Waals surface area contributed by atoms with Gasteiger partial charge in [0.15, 0.2) is 0 Å². The first-order valence-corrected chi connectivity index (χ1v) is 3.71. The van der Waals surface area contributed by atoms with Crippen LogP contribution in [-0.2, 0) is 0 Å². The van der Waals surface area contributed by atoms with Crippen molar-refractivity contribution in [1.82, 2.24) is 0 Å². The summed E-state index contributed by atoms with van der Waals surface area (Å²) in [6.07, 6.45) is -9.85. The van der Waals surface area contributed by atoms with Crippen LogP contribution in [-0.4, -0.2) is 18.3 Å². The summed E-state index contributed by atoms with van der Waals surface area (Å²) in [5.41, 5.74) is -4.39. The lowest BCUT2D eigenvalue weighted by Crippen LogP contribution is -2.52. The van der Waals surface area contributed by atoms with Crippen LogP contribution in [0.4, 0.5) is 26.3 Å². The largest absolute Gasteiger partial charge is 0.428 e. The summed E-state index contributed by atoms with van der Waals surface area (Å²) in [5, 5.41) is 0. The van der Waals surface area contributed by atoms with Crippen LogP contribution < -0.4 is 0 Å². The van der Waals surface area contributed by atoms with Crippen molar-refractivity contribution in [3.63, 3.8) is 0 Å². The van der Waals surface area contributed by atoms with Gasteiger partial charge in [0, 0.05) is 5.92 Å². The normalized spacial score (nSPS) is 20.1. The van der Waals surface area contributed by atoms with Crippen LogP contribution >= 0.6 is 0 Å². The topological polar surface area (TPSA) is 0 Å². The molecule has 0 saturated carbocycles. The van der Waals surface area contributed by atoms with Gasteiger partial charge < -0.3 is 0 Å². The van der Waals surface area contributed by atoms with E-state index in [1.807, 2.05) is 0 Å². The van der Waals surface area contributed by atoms with E-state index in [2.05, 4.69) is 0 Å². The molecule has 13 heavy (non-hydrogen) atoms. The fourth-order valence-corrected chi connectivity index (χ4v) is 0.915. The van der Waals surface area contributed by atoms with E-state index in [0.29, 0.717) is 0 Å². The smallest absolute Gasteiger partial charge is 0.227 e. The highest BCUT2D eigenvalue weighted by molar-refractivity contribution is 4.93. The van der Waals surface area contributed by atoms with Gasteiger partial charge in [0.1, 0.15) is 0 Å². The van der Waals surface area contributed by atoms with Gasteiger partial charge in [0.05, 0.1) is 0 Å². The molecule has 0 nitrogen and oxygen atoms in total. The zero-order valence-corrected chi connectivity index (χ0v) is 7.13. The highest BCUT2D eigenvalue weighted by atomic mass is 19.4. The maximum Gasteiger partial charge on any atom is 0.428 e. The number of halogens is 6. The van der Waals surface area contributed by atoms with Crippen molar-refractivity contribution in [2.75, 3.05) is 0 Å².